The molecule has 0 aromatic heterocycles. The van der Waals surface area contributed by atoms with Gasteiger partial charge in [0, 0.05) is 31.4 Å². The minimum atomic E-state index is -4.62. The summed E-state index contributed by atoms with van der Waals surface area (Å²) in [5, 5.41) is 24.5. The monoisotopic (exact) mass is 467 g/mol. The van der Waals surface area contributed by atoms with Crippen LogP contribution in [0.25, 0.3) is 0 Å². The van der Waals surface area contributed by atoms with Crippen molar-refractivity contribution in [2.75, 3.05) is 25.0 Å². The Bertz CT molecular complexity index is 751. The maximum atomic E-state index is 12.9. The van der Waals surface area contributed by atoms with Crippen LogP contribution in [0.15, 0.2) is 18.2 Å². The van der Waals surface area contributed by atoms with E-state index in [9.17, 15) is 28.2 Å². The Morgan fingerprint density at radius 1 is 1.29 bits per heavy atom. The highest BCUT2D eigenvalue weighted by molar-refractivity contribution is 6.31. The fourth-order valence-corrected chi connectivity index (χ4v) is 3.58. The standard InChI is InChI=1S/C20H29ClF3N3O4/c1-11(2)27(10-16-18(29)17(28)12(3)31-16)8-4-7-25-19(30)26-13-5-6-15(21)14(9-13)20(22,23)24/h5-6,9,11-12,16-18,28-29H,4,7-8,10H2,1-3H3,(H2,25,26,30)/t12-,16+,17-,18+/m0/s1. The number of ether oxygens (including phenoxy) is 1. The molecule has 0 spiro atoms. The van der Waals surface area contributed by atoms with Crippen LogP contribution in [-0.2, 0) is 10.9 Å². The number of carbonyl (C=O) groups excluding carboxylic acids is 1. The third-order valence-corrected chi connectivity index (χ3v) is 5.51. The SMILES string of the molecule is CC(C)N(CCCNC(=O)Nc1ccc(Cl)c(C(F)(F)F)c1)C[C@H]1O[C@@H](C)[C@H](O)[C@@H]1O. The van der Waals surface area contributed by atoms with Gasteiger partial charge in [-0.15, -0.1) is 0 Å². The van der Waals surface area contributed by atoms with Gasteiger partial charge in [0.1, 0.15) is 12.2 Å². The van der Waals surface area contributed by atoms with E-state index in [0.29, 0.717) is 26.1 Å². The molecule has 1 fully saturated rings. The number of alkyl halides is 3. The summed E-state index contributed by atoms with van der Waals surface area (Å²) >= 11 is 5.57. The number of hydrogen-bond acceptors (Lipinski definition) is 5. The Kier molecular flexibility index (Phi) is 8.96. The molecule has 0 saturated carbocycles. The summed E-state index contributed by atoms with van der Waals surface area (Å²) in [5.41, 5.74) is -1.03. The van der Waals surface area contributed by atoms with Gasteiger partial charge in [-0.1, -0.05) is 11.6 Å². The number of aliphatic hydroxyl groups is 2. The summed E-state index contributed by atoms with van der Waals surface area (Å²) in [6.07, 6.45) is -6.87. The number of anilines is 1. The molecule has 1 saturated heterocycles. The second kappa shape index (κ2) is 10.8. The molecule has 0 radical (unpaired) electrons. The largest absolute Gasteiger partial charge is 0.417 e. The number of nitrogens with one attached hydrogen (secondary N) is 2. The van der Waals surface area contributed by atoms with Gasteiger partial charge in [0.25, 0.3) is 0 Å². The minimum absolute atomic E-state index is 0.0157. The molecule has 31 heavy (non-hydrogen) atoms. The van der Waals surface area contributed by atoms with Crippen LogP contribution in [0.3, 0.4) is 0 Å². The molecule has 176 valence electrons. The summed E-state index contributed by atoms with van der Waals surface area (Å²) in [7, 11) is 0. The number of nitrogens with zero attached hydrogens (tertiary/aromatic N) is 1. The lowest BCUT2D eigenvalue weighted by molar-refractivity contribution is -0.137. The lowest BCUT2D eigenvalue weighted by Gasteiger charge is -2.30. The zero-order chi connectivity index (χ0) is 23.3. The van der Waals surface area contributed by atoms with Gasteiger partial charge in [-0.25, -0.2) is 4.79 Å². The first kappa shape index (κ1) is 25.7. The maximum absolute atomic E-state index is 12.9. The zero-order valence-corrected chi connectivity index (χ0v) is 18.4. The van der Waals surface area contributed by atoms with Crippen LogP contribution in [0.5, 0.6) is 0 Å². The molecule has 4 N–H and O–H groups in total. The molecule has 0 unspecified atom stereocenters. The van der Waals surface area contributed by atoms with Crippen LogP contribution in [0.4, 0.5) is 23.7 Å². The van der Waals surface area contributed by atoms with Gasteiger partial charge in [0.2, 0.25) is 0 Å². The van der Waals surface area contributed by atoms with Gasteiger partial charge >= 0.3 is 12.2 Å². The molecule has 2 rings (SSSR count). The first-order valence-corrected chi connectivity index (χ1v) is 10.4. The molecule has 2 amide bonds. The first-order chi connectivity index (χ1) is 14.4. The van der Waals surface area contributed by atoms with E-state index in [1.165, 1.54) is 6.07 Å². The highest BCUT2D eigenvalue weighted by atomic mass is 35.5. The molecule has 0 bridgehead atoms. The second-order valence-electron chi connectivity index (χ2n) is 7.88. The van der Waals surface area contributed by atoms with Gasteiger partial charge in [-0.2, -0.15) is 13.2 Å². The zero-order valence-electron chi connectivity index (χ0n) is 17.6. The molecule has 1 heterocycles. The van der Waals surface area contributed by atoms with Crippen molar-refractivity contribution in [3.05, 3.63) is 28.8 Å². The Morgan fingerprint density at radius 2 is 1.97 bits per heavy atom. The van der Waals surface area contributed by atoms with Crippen LogP contribution < -0.4 is 10.6 Å². The summed E-state index contributed by atoms with van der Waals surface area (Å²) in [5.74, 6) is 0. The van der Waals surface area contributed by atoms with E-state index >= 15 is 0 Å². The molecular formula is C20H29ClF3N3O4. The maximum Gasteiger partial charge on any atom is 0.417 e. The summed E-state index contributed by atoms with van der Waals surface area (Å²) in [4.78, 5) is 14.1. The topological polar surface area (TPSA) is 94.1 Å². The Balaban J connectivity index is 1.80. The van der Waals surface area contributed by atoms with Crippen molar-refractivity contribution in [3.8, 4) is 0 Å². The Hall–Kier alpha value is -1.59. The number of halogens is 4. The number of aliphatic hydroxyl groups excluding tert-OH is 2. The summed E-state index contributed by atoms with van der Waals surface area (Å²) in [6.45, 7) is 6.99. The highest BCUT2D eigenvalue weighted by Gasteiger charge is 2.41. The lowest BCUT2D eigenvalue weighted by Crippen LogP contribution is -2.44. The lowest BCUT2D eigenvalue weighted by atomic mass is 10.1. The van der Waals surface area contributed by atoms with E-state index < -0.39 is 47.2 Å². The summed E-state index contributed by atoms with van der Waals surface area (Å²) in [6, 6.07) is 2.67. The molecule has 4 atom stereocenters. The van der Waals surface area contributed by atoms with Crippen molar-refractivity contribution in [3.63, 3.8) is 0 Å². The molecule has 11 heteroatoms. The van der Waals surface area contributed by atoms with Gasteiger partial charge in [0.15, 0.2) is 0 Å². The number of carbonyl (C=O) groups is 1. The highest BCUT2D eigenvalue weighted by Crippen LogP contribution is 2.36. The molecule has 0 aliphatic carbocycles. The van der Waals surface area contributed by atoms with Crippen molar-refractivity contribution >= 4 is 23.3 Å². The third-order valence-electron chi connectivity index (χ3n) is 5.18. The molecule has 1 aromatic rings. The van der Waals surface area contributed by atoms with E-state index in [4.69, 9.17) is 16.3 Å². The predicted octanol–water partition coefficient (Wildman–Crippen LogP) is 3.09. The van der Waals surface area contributed by atoms with Crippen LogP contribution in [-0.4, -0.2) is 71.2 Å². The van der Waals surface area contributed by atoms with Crippen molar-refractivity contribution in [1.82, 2.24) is 10.2 Å². The number of urea groups is 1. The number of amides is 2. The number of benzene rings is 1. The van der Waals surface area contributed by atoms with Crippen molar-refractivity contribution in [1.29, 1.82) is 0 Å². The molecule has 7 nitrogen and oxygen atoms in total. The van der Waals surface area contributed by atoms with E-state index in [0.717, 1.165) is 12.1 Å². The third kappa shape index (κ3) is 7.21. The fourth-order valence-electron chi connectivity index (χ4n) is 3.36. The van der Waals surface area contributed by atoms with Crippen LogP contribution >= 0.6 is 11.6 Å². The van der Waals surface area contributed by atoms with E-state index in [-0.39, 0.29) is 11.7 Å². The Labute approximate surface area is 184 Å². The molecular weight excluding hydrogens is 439 g/mol. The van der Waals surface area contributed by atoms with Crippen LogP contribution in [0.1, 0.15) is 32.8 Å². The smallest absolute Gasteiger partial charge is 0.388 e. The minimum Gasteiger partial charge on any atom is -0.388 e. The van der Waals surface area contributed by atoms with E-state index in [1.54, 1.807) is 6.92 Å². The second-order valence-corrected chi connectivity index (χ2v) is 8.28. The predicted molar refractivity (Wildman–Crippen MR) is 111 cm³/mol. The average Bonchev–Trinajstić information content (AvgIpc) is 2.91. The van der Waals surface area contributed by atoms with Gasteiger partial charge in [-0.3, -0.25) is 4.90 Å². The normalized spacial score (nSPS) is 24.1. The van der Waals surface area contributed by atoms with Crippen LogP contribution in [0.2, 0.25) is 5.02 Å². The van der Waals surface area contributed by atoms with Gasteiger partial charge in [0.05, 0.1) is 22.8 Å². The van der Waals surface area contributed by atoms with Gasteiger partial charge in [-0.05, 0) is 45.4 Å². The molecule has 1 aliphatic heterocycles. The molecule has 1 aliphatic rings. The number of hydrogen-bond donors (Lipinski definition) is 4. The van der Waals surface area contributed by atoms with Crippen LogP contribution in [0, 0.1) is 0 Å². The number of rotatable bonds is 8. The Morgan fingerprint density at radius 3 is 2.52 bits per heavy atom. The van der Waals surface area contributed by atoms with Gasteiger partial charge < -0.3 is 25.6 Å². The summed E-state index contributed by atoms with van der Waals surface area (Å²) < 4.78 is 44.3. The van der Waals surface area contributed by atoms with Crippen molar-refractivity contribution < 1.29 is 32.9 Å². The van der Waals surface area contributed by atoms with Crippen molar-refractivity contribution in [2.24, 2.45) is 0 Å². The average molecular weight is 468 g/mol. The molecule has 1 aromatic carbocycles. The fraction of sp³-hybridized carbons (Fsp3) is 0.650. The van der Waals surface area contributed by atoms with E-state index in [2.05, 4.69) is 15.5 Å². The quantitative estimate of drug-likeness (QED) is 0.441. The first-order valence-electron chi connectivity index (χ1n) is 10.1. The van der Waals surface area contributed by atoms with E-state index in [1.807, 2.05) is 13.8 Å². The van der Waals surface area contributed by atoms with Crippen molar-refractivity contribution in [2.45, 2.75) is 63.8 Å².